The van der Waals surface area contributed by atoms with Gasteiger partial charge in [-0.25, -0.2) is 9.37 Å². The molecule has 0 saturated carbocycles. The van der Waals surface area contributed by atoms with Crippen molar-refractivity contribution in [3.05, 3.63) is 59.7 Å². The number of aromatic nitrogens is 2. The number of hydrogen-bond donors (Lipinski definition) is 0. The van der Waals surface area contributed by atoms with Crippen molar-refractivity contribution in [3.8, 4) is 0 Å². The Morgan fingerprint density at radius 3 is 2.48 bits per heavy atom. The molecular weight excluding hydrogens is 311 g/mol. The molecule has 4 aromatic rings. The van der Waals surface area contributed by atoms with Crippen LogP contribution in [0.1, 0.15) is 51.3 Å². The smallest absolute Gasteiger partial charge is 0.145 e. The van der Waals surface area contributed by atoms with E-state index in [-0.39, 0.29) is 5.82 Å². The maximum atomic E-state index is 13.7. The minimum Gasteiger partial charge on any atom is -0.299 e. The summed E-state index contributed by atoms with van der Waals surface area (Å²) in [6.45, 7) is 10.6. The van der Waals surface area contributed by atoms with E-state index in [0.717, 1.165) is 27.6 Å². The lowest BCUT2D eigenvalue weighted by Crippen LogP contribution is -1.96. The van der Waals surface area contributed by atoms with Crippen LogP contribution in [0, 0.1) is 12.7 Å². The Morgan fingerprint density at radius 1 is 1.08 bits per heavy atom. The minimum absolute atomic E-state index is 0.223. The molecule has 2 aromatic heterocycles. The van der Waals surface area contributed by atoms with E-state index in [9.17, 15) is 4.39 Å². The number of hydrogen-bond acceptors (Lipinski definition) is 1. The first kappa shape index (κ1) is 17.4. The Morgan fingerprint density at radius 2 is 1.80 bits per heavy atom. The topological polar surface area (TPSA) is 17.3 Å². The van der Waals surface area contributed by atoms with Crippen LogP contribution >= 0.6 is 0 Å². The largest absolute Gasteiger partial charge is 0.299 e. The predicted molar refractivity (Wildman–Crippen MR) is 105 cm³/mol. The highest BCUT2D eigenvalue weighted by Gasteiger charge is 2.15. The molecule has 25 heavy (non-hydrogen) atoms. The second-order valence-electron chi connectivity index (χ2n) is 6.87. The zero-order valence-electron chi connectivity index (χ0n) is 15.6. The number of nitrogens with zero attached hydrogens (tertiary/aromatic N) is 2. The maximum absolute atomic E-state index is 13.7. The first-order valence-corrected chi connectivity index (χ1v) is 8.97. The molecule has 0 amide bonds. The summed E-state index contributed by atoms with van der Waals surface area (Å²) >= 11 is 0. The fourth-order valence-electron chi connectivity index (χ4n) is 3.31. The van der Waals surface area contributed by atoms with Gasteiger partial charge in [0.25, 0.3) is 0 Å². The van der Waals surface area contributed by atoms with Crippen molar-refractivity contribution in [1.29, 1.82) is 0 Å². The molecule has 2 nitrogen and oxygen atoms in total. The normalized spacial score (nSPS) is 11.3. The predicted octanol–water partition coefficient (Wildman–Crippen LogP) is 6.63. The standard InChI is InChI=1S/C19H17FN2.C3H8/c1-11(2)14-5-4-6-16-15-8-7-13(20)9-17(15)22-10-12(3)21-19(22)18(14)16;1-3-2/h4-11H,1-3H3;3H2,1-2H3. The molecule has 0 N–H and O–H groups in total. The highest BCUT2D eigenvalue weighted by Crippen LogP contribution is 2.34. The zero-order valence-corrected chi connectivity index (χ0v) is 15.6. The van der Waals surface area contributed by atoms with Crippen molar-refractivity contribution in [2.45, 2.75) is 47.0 Å². The second-order valence-corrected chi connectivity index (χ2v) is 6.87. The third kappa shape index (κ3) is 2.99. The van der Waals surface area contributed by atoms with Crippen molar-refractivity contribution in [2.75, 3.05) is 0 Å². The van der Waals surface area contributed by atoms with Gasteiger partial charge in [0.05, 0.1) is 11.2 Å². The van der Waals surface area contributed by atoms with E-state index in [4.69, 9.17) is 4.98 Å². The van der Waals surface area contributed by atoms with Crippen LogP contribution < -0.4 is 0 Å². The van der Waals surface area contributed by atoms with Gasteiger partial charge in [-0.3, -0.25) is 4.40 Å². The molecule has 0 atom stereocenters. The summed E-state index contributed by atoms with van der Waals surface area (Å²) < 4.78 is 15.8. The number of pyridine rings is 1. The molecule has 0 radical (unpaired) electrons. The van der Waals surface area contributed by atoms with Crippen LogP contribution in [0.15, 0.2) is 42.6 Å². The second kappa shape index (κ2) is 6.83. The van der Waals surface area contributed by atoms with E-state index in [0.29, 0.717) is 5.92 Å². The van der Waals surface area contributed by atoms with Gasteiger partial charge >= 0.3 is 0 Å². The van der Waals surface area contributed by atoms with Crippen molar-refractivity contribution in [3.63, 3.8) is 0 Å². The lowest BCUT2D eigenvalue weighted by atomic mass is 9.95. The molecule has 0 unspecified atom stereocenters. The number of rotatable bonds is 1. The molecule has 0 bridgehead atoms. The molecule has 0 aliphatic heterocycles. The number of fused-ring (bicyclic) bond motifs is 6. The monoisotopic (exact) mass is 336 g/mol. The van der Waals surface area contributed by atoms with Crippen LogP contribution in [0.2, 0.25) is 0 Å². The summed E-state index contributed by atoms with van der Waals surface area (Å²) in [6.07, 6.45) is 3.23. The third-order valence-corrected chi connectivity index (χ3v) is 4.28. The van der Waals surface area contributed by atoms with Crippen LogP contribution in [-0.4, -0.2) is 9.38 Å². The van der Waals surface area contributed by atoms with Gasteiger partial charge in [-0.1, -0.05) is 52.3 Å². The Bertz CT molecular complexity index is 1040. The molecule has 2 heterocycles. The first-order chi connectivity index (χ1) is 12.0. The van der Waals surface area contributed by atoms with Crippen LogP contribution in [0.5, 0.6) is 0 Å². The fourth-order valence-corrected chi connectivity index (χ4v) is 3.31. The van der Waals surface area contributed by atoms with Gasteiger partial charge in [-0.05, 0) is 42.0 Å². The molecule has 4 rings (SSSR count). The average molecular weight is 336 g/mol. The number of imidazole rings is 1. The van der Waals surface area contributed by atoms with Gasteiger partial charge < -0.3 is 0 Å². The summed E-state index contributed by atoms with van der Waals surface area (Å²) in [5.41, 5.74) is 4.00. The van der Waals surface area contributed by atoms with Crippen LogP contribution in [0.3, 0.4) is 0 Å². The van der Waals surface area contributed by atoms with Crippen molar-refractivity contribution in [1.82, 2.24) is 9.38 Å². The Labute approximate surface area is 148 Å². The summed E-state index contributed by atoms with van der Waals surface area (Å²) in [4.78, 5) is 4.70. The quantitative estimate of drug-likeness (QED) is 0.357. The SMILES string of the molecule is CCC.Cc1cn2c3cc(F)ccc3c3cccc(C(C)C)c3c2n1. The molecule has 3 heteroatoms. The first-order valence-electron chi connectivity index (χ1n) is 8.97. The van der Waals surface area contributed by atoms with Crippen molar-refractivity contribution >= 4 is 27.3 Å². The van der Waals surface area contributed by atoms with Gasteiger partial charge in [-0.2, -0.15) is 0 Å². The van der Waals surface area contributed by atoms with Crippen molar-refractivity contribution < 1.29 is 4.39 Å². The molecule has 0 saturated heterocycles. The van der Waals surface area contributed by atoms with E-state index in [1.165, 1.54) is 23.4 Å². The lowest BCUT2D eigenvalue weighted by Gasteiger charge is -2.14. The van der Waals surface area contributed by atoms with E-state index >= 15 is 0 Å². The summed E-state index contributed by atoms with van der Waals surface area (Å²) in [5.74, 6) is 0.182. The molecule has 0 fully saturated rings. The Kier molecular flexibility index (Phi) is 4.76. The highest BCUT2D eigenvalue weighted by atomic mass is 19.1. The molecule has 0 spiro atoms. The average Bonchev–Trinajstić information content (AvgIpc) is 2.96. The number of halogens is 1. The lowest BCUT2D eigenvalue weighted by molar-refractivity contribution is 0.629. The third-order valence-electron chi connectivity index (χ3n) is 4.28. The Hall–Kier alpha value is -2.42. The van der Waals surface area contributed by atoms with Gasteiger partial charge in [0, 0.05) is 17.0 Å². The maximum Gasteiger partial charge on any atom is 0.145 e. The minimum atomic E-state index is -0.223. The fraction of sp³-hybridized carbons (Fsp3) is 0.318. The molecule has 2 aromatic carbocycles. The molecule has 130 valence electrons. The molecule has 0 aliphatic rings. The van der Waals surface area contributed by atoms with Crippen LogP contribution in [0.4, 0.5) is 4.39 Å². The number of benzene rings is 2. The highest BCUT2D eigenvalue weighted by molar-refractivity contribution is 6.13. The van der Waals surface area contributed by atoms with E-state index in [1.807, 2.05) is 23.6 Å². The van der Waals surface area contributed by atoms with E-state index in [1.54, 1.807) is 6.07 Å². The van der Waals surface area contributed by atoms with Gasteiger partial charge in [-0.15, -0.1) is 0 Å². The Balaban J connectivity index is 0.000000569. The van der Waals surface area contributed by atoms with Crippen molar-refractivity contribution in [2.24, 2.45) is 0 Å². The summed E-state index contributed by atoms with van der Waals surface area (Å²) in [5, 5.41) is 3.37. The van der Waals surface area contributed by atoms with Gasteiger partial charge in [0.15, 0.2) is 0 Å². The van der Waals surface area contributed by atoms with Crippen LogP contribution in [0.25, 0.3) is 27.3 Å². The van der Waals surface area contributed by atoms with Crippen LogP contribution in [-0.2, 0) is 0 Å². The number of aryl methyl sites for hydroxylation is 1. The summed E-state index contributed by atoms with van der Waals surface area (Å²) in [6, 6.07) is 11.3. The molecular formula is C22H25FN2. The van der Waals surface area contributed by atoms with Gasteiger partial charge in [0.2, 0.25) is 0 Å². The van der Waals surface area contributed by atoms with E-state index in [2.05, 4.69) is 45.9 Å². The zero-order chi connectivity index (χ0) is 18.1. The summed E-state index contributed by atoms with van der Waals surface area (Å²) in [7, 11) is 0. The molecule has 0 aliphatic carbocycles. The van der Waals surface area contributed by atoms with E-state index < -0.39 is 0 Å². The van der Waals surface area contributed by atoms with Gasteiger partial charge in [0.1, 0.15) is 11.5 Å².